The number of carbonyl (C=O) groups is 4. The number of fused-ring (bicyclic) bond motifs is 2. The monoisotopic (exact) mass is 726 g/mol. The van der Waals surface area contributed by atoms with E-state index in [0.29, 0.717) is 33.4 Å². The maximum atomic E-state index is 12.1. The summed E-state index contributed by atoms with van der Waals surface area (Å²) in [6.07, 6.45) is 3.81. The summed E-state index contributed by atoms with van der Waals surface area (Å²) in [5.41, 5.74) is 9.23. The number of pyridine rings is 2. The number of nitrogens with zero attached hydrogens (tertiary/aromatic N) is 2. The third-order valence-corrected chi connectivity index (χ3v) is 9.11. The summed E-state index contributed by atoms with van der Waals surface area (Å²) in [4.78, 5) is 56.9. The second-order valence-electron chi connectivity index (χ2n) is 12.7. The van der Waals surface area contributed by atoms with Gasteiger partial charge in [0.2, 0.25) is 11.6 Å². The highest BCUT2D eigenvalue weighted by Crippen LogP contribution is 2.27. The first-order valence-electron chi connectivity index (χ1n) is 18.0. The largest absolute Gasteiger partial charge is 0.289 e. The number of ketones is 4. The number of hydrogen-bond donors (Lipinski definition) is 0. The van der Waals surface area contributed by atoms with Gasteiger partial charge in [0.25, 0.3) is 0 Å². The van der Waals surface area contributed by atoms with Crippen molar-refractivity contribution >= 4 is 23.1 Å². The molecule has 0 bridgehead atoms. The molecule has 0 N–H and O–H groups in total. The van der Waals surface area contributed by atoms with Crippen LogP contribution in [0.2, 0.25) is 0 Å². The molecule has 9 rings (SSSR count). The molecule has 6 aromatic carbocycles. The zero-order valence-electron chi connectivity index (χ0n) is 30.2. The highest BCUT2D eigenvalue weighted by Gasteiger charge is 2.28. The van der Waals surface area contributed by atoms with Crippen molar-refractivity contribution in [2.75, 3.05) is 0 Å². The first kappa shape index (κ1) is 36.6. The average Bonchev–Trinajstić information content (AvgIpc) is 3.29. The van der Waals surface area contributed by atoms with Gasteiger partial charge in [0, 0.05) is 68.0 Å². The highest BCUT2D eigenvalue weighted by atomic mass is 16.2. The molecule has 0 amide bonds. The Balaban J connectivity index is 0.000000133. The van der Waals surface area contributed by atoms with Crippen molar-refractivity contribution in [3.05, 3.63) is 240 Å². The lowest BCUT2D eigenvalue weighted by molar-refractivity contribution is 0.0817. The molecule has 6 heteroatoms. The molecule has 0 fully saturated rings. The first-order valence-corrected chi connectivity index (χ1v) is 18.0. The Morgan fingerprint density at radius 2 is 0.589 bits per heavy atom. The molecule has 0 radical (unpaired) electrons. The second-order valence-corrected chi connectivity index (χ2v) is 12.7. The van der Waals surface area contributed by atoms with Crippen LogP contribution in [0.25, 0.3) is 33.6 Å². The minimum Gasteiger partial charge on any atom is -0.289 e. The molecule has 2 aromatic heterocycles. The van der Waals surface area contributed by atoms with E-state index in [0.717, 1.165) is 33.6 Å². The Morgan fingerprint density at radius 3 is 0.875 bits per heavy atom. The van der Waals surface area contributed by atoms with Crippen LogP contribution in [-0.2, 0) is 0 Å². The number of benzene rings is 6. The minimum absolute atomic E-state index is 0.0641. The molecule has 0 saturated carbocycles. The van der Waals surface area contributed by atoms with E-state index in [1.54, 1.807) is 97.1 Å². The van der Waals surface area contributed by atoms with Gasteiger partial charge < -0.3 is 0 Å². The van der Waals surface area contributed by atoms with Crippen LogP contribution in [0, 0.1) is 0 Å². The van der Waals surface area contributed by atoms with Crippen LogP contribution in [0.15, 0.2) is 207 Å². The van der Waals surface area contributed by atoms with Crippen LogP contribution in [0.1, 0.15) is 52.6 Å². The Labute approximate surface area is 324 Å². The molecule has 0 spiro atoms. The van der Waals surface area contributed by atoms with Gasteiger partial charge in [-0.2, -0.15) is 0 Å². The van der Waals surface area contributed by atoms with E-state index in [4.69, 9.17) is 0 Å². The van der Waals surface area contributed by atoms with Gasteiger partial charge in [0.15, 0.2) is 11.6 Å². The number of rotatable bonds is 6. The summed E-state index contributed by atoms with van der Waals surface area (Å²) in [5.74, 6) is -1.06. The molecular weight excluding hydrogens is 693 g/mol. The molecule has 0 saturated heterocycles. The van der Waals surface area contributed by atoms with E-state index in [1.165, 1.54) is 0 Å². The fourth-order valence-electron chi connectivity index (χ4n) is 6.18. The second kappa shape index (κ2) is 17.4. The van der Waals surface area contributed by atoms with E-state index < -0.39 is 11.6 Å². The zero-order chi connectivity index (χ0) is 38.7. The van der Waals surface area contributed by atoms with Crippen LogP contribution in [0.5, 0.6) is 0 Å². The molecule has 56 heavy (non-hydrogen) atoms. The maximum absolute atomic E-state index is 12.1. The predicted octanol–water partition coefficient (Wildman–Crippen LogP) is 10.7. The summed E-state index contributed by atoms with van der Waals surface area (Å²) in [6.45, 7) is 0. The number of Topliss-reactive ketones (excluding diaryl/α,β-unsaturated/α-hetero) is 2. The third kappa shape index (κ3) is 8.41. The Bertz CT molecular complexity index is 2370. The molecular formula is C50H34N2O4. The summed E-state index contributed by atoms with van der Waals surface area (Å²) >= 11 is 0. The maximum Gasteiger partial charge on any atom is 0.233 e. The van der Waals surface area contributed by atoms with Crippen LogP contribution >= 0.6 is 0 Å². The van der Waals surface area contributed by atoms with Gasteiger partial charge in [-0.25, -0.2) is 0 Å². The smallest absolute Gasteiger partial charge is 0.233 e. The van der Waals surface area contributed by atoms with E-state index >= 15 is 0 Å². The molecule has 1 aliphatic carbocycles. The van der Waals surface area contributed by atoms with Gasteiger partial charge in [-0.05, 0) is 12.1 Å². The van der Waals surface area contributed by atoms with Gasteiger partial charge in [-0.3, -0.25) is 29.1 Å². The van der Waals surface area contributed by atoms with Gasteiger partial charge in [0.05, 0.1) is 11.4 Å². The van der Waals surface area contributed by atoms with Crippen molar-refractivity contribution < 1.29 is 19.2 Å². The summed E-state index contributed by atoms with van der Waals surface area (Å²) < 4.78 is 0. The van der Waals surface area contributed by atoms with Gasteiger partial charge >= 0.3 is 0 Å². The van der Waals surface area contributed by atoms with Crippen LogP contribution < -0.4 is 0 Å². The average molecular weight is 727 g/mol. The fraction of sp³-hybridized carbons (Fsp3) is 0. The van der Waals surface area contributed by atoms with Gasteiger partial charge in [-0.15, -0.1) is 0 Å². The molecule has 0 unspecified atom stereocenters. The standard InChI is InChI=1S/C22H16N2.C14H8O2.C14H10O2/c1-3-7-17(8-4-1)21-13-11-19(15-23-21)20-12-14-22(24-16-20)18-9-5-2-6-10-18;15-13-9-5-1-2-6-10(9)14(16)12-8-4-3-7-11(12)13;15-13(11-7-3-1-4-8-11)14(16)12-9-5-2-6-10-12/h1-16H;1-8H;1-10H. The first-order chi connectivity index (χ1) is 27.5. The SMILES string of the molecule is O=C(C(=O)c1ccccc1)c1ccccc1.O=C1c2ccccc2C(=O)c2ccccc21.c1ccc(-c2ccc(-c3ccc(-c4ccccc4)nc3)cn2)cc1. The molecule has 0 atom stereocenters. The Hall–Kier alpha value is -7.70. The van der Waals surface area contributed by atoms with Crippen molar-refractivity contribution in [2.45, 2.75) is 0 Å². The van der Waals surface area contributed by atoms with E-state index in [-0.39, 0.29) is 11.6 Å². The van der Waals surface area contributed by atoms with E-state index in [2.05, 4.69) is 58.5 Å². The van der Waals surface area contributed by atoms with Crippen molar-refractivity contribution in [3.63, 3.8) is 0 Å². The lowest BCUT2D eigenvalue weighted by Crippen LogP contribution is -2.20. The molecule has 1 aliphatic rings. The predicted molar refractivity (Wildman–Crippen MR) is 220 cm³/mol. The lowest BCUT2D eigenvalue weighted by atomic mass is 9.84. The normalized spacial score (nSPS) is 11.1. The van der Waals surface area contributed by atoms with Gasteiger partial charge in [0.1, 0.15) is 0 Å². The van der Waals surface area contributed by atoms with Crippen molar-refractivity contribution in [1.29, 1.82) is 0 Å². The van der Waals surface area contributed by atoms with Crippen LogP contribution in [0.3, 0.4) is 0 Å². The highest BCUT2D eigenvalue weighted by molar-refractivity contribution is 6.49. The van der Waals surface area contributed by atoms with Crippen LogP contribution in [-0.4, -0.2) is 33.1 Å². The summed E-state index contributed by atoms with van der Waals surface area (Å²) in [7, 11) is 0. The number of aromatic nitrogens is 2. The Morgan fingerprint density at radius 1 is 0.304 bits per heavy atom. The van der Waals surface area contributed by atoms with E-state index in [1.807, 2.05) is 60.9 Å². The third-order valence-electron chi connectivity index (χ3n) is 9.11. The lowest BCUT2D eigenvalue weighted by Gasteiger charge is -2.16. The molecule has 0 aliphatic heterocycles. The molecule has 268 valence electrons. The van der Waals surface area contributed by atoms with Crippen molar-refractivity contribution in [2.24, 2.45) is 0 Å². The number of carbonyl (C=O) groups excluding carboxylic acids is 4. The Kier molecular flexibility index (Phi) is 11.4. The summed E-state index contributed by atoms with van der Waals surface area (Å²) in [5, 5.41) is 0. The molecule has 6 nitrogen and oxygen atoms in total. The minimum atomic E-state index is -0.466. The van der Waals surface area contributed by atoms with Crippen molar-refractivity contribution in [1.82, 2.24) is 9.97 Å². The zero-order valence-corrected chi connectivity index (χ0v) is 30.2. The summed E-state index contributed by atoms with van der Waals surface area (Å²) in [6, 6.07) is 59.7. The van der Waals surface area contributed by atoms with Crippen LogP contribution in [0.4, 0.5) is 0 Å². The number of hydrogen-bond acceptors (Lipinski definition) is 6. The molecule has 2 heterocycles. The van der Waals surface area contributed by atoms with Gasteiger partial charge in [-0.1, -0.05) is 182 Å². The fourth-order valence-corrected chi connectivity index (χ4v) is 6.18. The van der Waals surface area contributed by atoms with Crippen molar-refractivity contribution in [3.8, 4) is 33.6 Å². The molecule has 8 aromatic rings. The quantitative estimate of drug-likeness (QED) is 0.125. The van der Waals surface area contributed by atoms with E-state index in [9.17, 15) is 19.2 Å². The topological polar surface area (TPSA) is 94.1 Å².